The Balaban J connectivity index is 1.49. The van der Waals surface area contributed by atoms with Crippen LogP contribution in [0.25, 0.3) is 65.9 Å². The number of nitriles is 2. The highest BCUT2D eigenvalue weighted by molar-refractivity contribution is 6.15. The van der Waals surface area contributed by atoms with Crippen molar-refractivity contribution in [3.63, 3.8) is 0 Å². The molecule has 0 atom stereocenters. The van der Waals surface area contributed by atoms with Gasteiger partial charge in [-0.05, 0) is 71.5 Å². The second-order valence-corrected chi connectivity index (χ2v) is 11.1. The van der Waals surface area contributed by atoms with E-state index in [1.807, 2.05) is 49.6 Å². The minimum Gasteiger partial charge on any atom is -0.246 e. The quantitative estimate of drug-likeness (QED) is 0.148. The van der Waals surface area contributed by atoms with E-state index >= 15 is 0 Å². The second-order valence-electron chi connectivity index (χ2n) is 11.1. The minimum atomic E-state index is -4.46. The Morgan fingerprint density at radius 3 is 1.70 bits per heavy atom. The SMILES string of the molecule is Cc1ccc(-c2ccc3c(c2)c(=NC#N)c2nc4c(nc23)c(=NC#N)c2cc(-c3ccc(C(F)(F)F)cc3C)ccc24)c(CF)c1. The normalized spacial score (nSPS) is 12.9. The number of nitrogens with zero attached hydrogens (tertiary/aromatic N) is 6. The van der Waals surface area contributed by atoms with Crippen molar-refractivity contribution in [1.29, 1.82) is 10.5 Å². The van der Waals surface area contributed by atoms with Crippen LogP contribution in [-0.2, 0) is 12.9 Å². The van der Waals surface area contributed by atoms with E-state index in [1.165, 1.54) is 6.07 Å². The van der Waals surface area contributed by atoms with Crippen molar-refractivity contribution in [3.8, 4) is 34.6 Å². The van der Waals surface area contributed by atoms with Crippen LogP contribution in [0.3, 0.4) is 0 Å². The zero-order valence-corrected chi connectivity index (χ0v) is 24.3. The lowest BCUT2D eigenvalue weighted by atomic mass is 9.97. The molecule has 6 aromatic carbocycles. The Bertz CT molecular complexity index is 2610. The Morgan fingerprint density at radius 2 is 1.20 bits per heavy atom. The standard InChI is InChI=1S/C36H20F4N6/c1-18-3-7-25(22(11-18)15-37)21-5-9-27-29(14-21)31(44-17-42)35-33(27)46-34-30(43-16-41)28-13-20(4-8-26(28)32(34)45-35)24-10-6-23(12-19(24)2)36(38,39)40/h3-14H,15H2,1-2H3. The lowest BCUT2D eigenvalue weighted by Gasteiger charge is -2.11. The fraction of sp³-hybridized carbons (Fsp3) is 0.111. The van der Waals surface area contributed by atoms with Crippen molar-refractivity contribution in [1.82, 2.24) is 9.97 Å². The highest BCUT2D eigenvalue weighted by Crippen LogP contribution is 2.36. The van der Waals surface area contributed by atoms with Gasteiger partial charge in [0, 0.05) is 21.5 Å². The number of halogens is 4. The third-order valence-corrected chi connectivity index (χ3v) is 8.31. The largest absolute Gasteiger partial charge is 0.416 e. The molecule has 0 fully saturated rings. The predicted octanol–water partition coefficient (Wildman–Crippen LogP) is 8.17. The van der Waals surface area contributed by atoms with Crippen molar-refractivity contribution in [3.05, 3.63) is 106 Å². The van der Waals surface area contributed by atoms with Gasteiger partial charge in [0.2, 0.25) is 12.4 Å². The van der Waals surface area contributed by atoms with Crippen LogP contribution in [0.15, 0.2) is 82.8 Å². The van der Waals surface area contributed by atoms with Gasteiger partial charge in [-0.25, -0.2) is 14.4 Å². The Hall–Kier alpha value is -6.00. The van der Waals surface area contributed by atoms with Gasteiger partial charge in [0.1, 0.15) is 28.4 Å². The molecule has 222 valence electrons. The van der Waals surface area contributed by atoms with Crippen LogP contribution in [0.1, 0.15) is 22.3 Å². The van der Waals surface area contributed by atoms with Crippen LogP contribution in [0, 0.1) is 36.8 Å². The molecule has 7 rings (SSSR count). The fourth-order valence-electron chi connectivity index (χ4n) is 6.23. The zero-order valence-electron chi connectivity index (χ0n) is 24.3. The third-order valence-electron chi connectivity index (χ3n) is 8.31. The number of benzene rings is 4. The summed E-state index contributed by atoms with van der Waals surface area (Å²) >= 11 is 0. The van der Waals surface area contributed by atoms with E-state index in [9.17, 15) is 28.1 Å². The zero-order chi connectivity index (χ0) is 32.3. The molecule has 0 aliphatic carbocycles. The molecule has 0 spiro atoms. The summed E-state index contributed by atoms with van der Waals surface area (Å²) in [5, 5.41) is 22.3. The third kappa shape index (κ3) is 4.46. The van der Waals surface area contributed by atoms with E-state index in [0.29, 0.717) is 71.2 Å². The highest BCUT2D eigenvalue weighted by atomic mass is 19.4. The van der Waals surface area contributed by atoms with Gasteiger partial charge < -0.3 is 0 Å². The van der Waals surface area contributed by atoms with E-state index < -0.39 is 18.4 Å². The number of hydrogen-bond acceptors (Lipinski definition) is 6. The number of aryl methyl sites for hydroxylation is 2. The Labute approximate surface area is 258 Å². The fourth-order valence-corrected chi connectivity index (χ4v) is 6.23. The first-order valence-electron chi connectivity index (χ1n) is 14.1. The number of rotatable bonds is 3. The minimum absolute atomic E-state index is 0.283. The van der Waals surface area contributed by atoms with Crippen LogP contribution in [-0.4, -0.2) is 9.97 Å². The van der Waals surface area contributed by atoms with E-state index in [0.717, 1.165) is 28.8 Å². The topological polar surface area (TPSA) is 98.1 Å². The van der Waals surface area contributed by atoms with E-state index in [2.05, 4.69) is 9.98 Å². The maximum Gasteiger partial charge on any atom is 0.416 e. The molecular weight excluding hydrogens is 592 g/mol. The molecule has 0 radical (unpaired) electrons. The van der Waals surface area contributed by atoms with Gasteiger partial charge >= 0.3 is 6.18 Å². The van der Waals surface area contributed by atoms with Crippen molar-refractivity contribution in [2.75, 3.05) is 0 Å². The summed E-state index contributed by atoms with van der Waals surface area (Å²) in [6, 6.07) is 20.0. The summed E-state index contributed by atoms with van der Waals surface area (Å²) in [4.78, 5) is 18.0. The molecule has 0 unspecified atom stereocenters. The predicted molar refractivity (Wildman–Crippen MR) is 167 cm³/mol. The first-order valence-corrected chi connectivity index (χ1v) is 14.1. The van der Waals surface area contributed by atoms with Crippen molar-refractivity contribution >= 4 is 43.6 Å². The number of fused-ring (bicyclic) bond motifs is 6. The molecule has 0 aliphatic rings. The first-order chi connectivity index (χ1) is 22.1. The molecule has 0 amide bonds. The van der Waals surface area contributed by atoms with E-state index in [-0.39, 0.29) is 5.36 Å². The smallest absolute Gasteiger partial charge is 0.246 e. The molecule has 6 nitrogen and oxygen atoms in total. The summed E-state index contributed by atoms with van der Waals surface area (Å²) in [6.07, 6.45) is -0.755. The molecule has 7 aromatic rings. The summed E-state index contributed by atoms with van der Waals surface area (Å²) in [6.45, 7) is 2.87. The van der Waals surface area contributed by atoms with Gasteiger partial charge in [0.05, 0.1) is 16.6 Å². The molecule has 1 aromatic heterocycles. The van der Waals surface area contributed by atoms with Gasteiger partial charge in [-0.3, -0.25) is 0 Å². The summed E-state index contributed by atoms with van der Waals surface area (Å²) in [5.41, 5.74) is 5.56. The van der Waals surface area contributed by atoms with Crippen molar-refractivity contribution in [2.24, 2.45) is 9.98 Å². The summed E-state index contributed by atoms with van der Waals surface area (Å²) < 4.78 is 53.8. The Morgan fingerprint density at radius 1 is 0.652 bits per heavy atom. The molecule has 0 N–H and O–H groups in total. The van der Waals surface area contributed by atoms with E-state index in [1.54, 1.807) is 31.2 Å². The average molecular weight is 613 g/mol. The van der Waals surface area contributed by atoms with Crippen molar-refractivity contribution < 1.29 is 17.6 Å². The number of aromatic nitrogens is 2. The van der Waals surface area contributed by atoms with Gasteiger partial charge in [-0.2, -0.15) is 33.7 Å². The maximum absolute atomic E-state index is 13.9. The van der Waals surface area contributed by atoms with Gasteiger partial charge in [0.25, 0.3) is 0 Å². The molecule has 46 heavy (non-hydrogen) atoms. The van der Waals surface area contributed by atoms with Gasteiger partial charge in [-0.1, -0.05) is 54.1 Å². The molecule has 0 bridgehead atoms. The van der Waals surface area contributed by atoms with Crippen LogP contribution in [0.2, 0.25) is 0 Å². The van der Waals surface area contributed by atoms with Crippen LogP contribution < -0.4 is 10.7 Å². The number of hydrogen-bond donors (Lipinski definition) is 0. The maximum atomic E-state index is 13.9. The molecular formula is C36H20F4N6. The van der Waals surface area contributed by atoms with Crippen LogP contribution in [0.4, 0.5) is 17.6 Å². The van der Waals surface area contributed by atoms with Crippen molar-refractivity contribution in [2.45, 2.75) is 26.7 Å². The summed E-state index contributed by atoms with van der Waals surface area (Å²) in [7, 11) is 0. The Kier molecular flexibility index (Phi) is 6.61. The average Bonchev–Trinajstić information content (AvgIpc) is 3.50. The molecule has 0 saturated heterocycles. The van der Waals surface area contributed by atoms with Crippen LogP contribution in [0.5, 0.6) is 0 Å². The molecule has 1 heterocycles. The summed E-state index contributed by atoms with van der Waals surface area (Å²) in [5.74, 6) is 0. The van der Waals surface area contributed by atoms with Gasteiger partial charge in [0.15, 0.2) is 0 Å². The van der Waals surface area contributed by atoms with Gasteiger partial charge in [-0.15, -0.1) is 0 Å². The first kappa shape index (κ1) is 28.8. The molecule has 10 heteroatoms. The molecule has 0 aliphatic heterocycles. The monoisotopic (exact) mass is 612 g/mol. The number of alkyl halides is 4. The second kappa shape index (κ2) is 10.6. The van der Waals surface area contributed by atoms with Crippen LogP contribution >= 0.6 is 0 Å². The lowest BCUT2D eigenvalue weighted by molar-refractivity contribution is -0.137. The molecule has 0 saturated carbocycles. The van der Waals surface area contributed by atoms with E-state index in [4.69, 9.17) is 9.97 Å². The lowest BCUT2D eigenvalue weighted by Crippen LogP contribution is -2.05. The highest BCUT2D eigenvalue weighted by Gasteiger charge is 2.30.